The van der Waals surface area contributed by atoms with Gasteiger partial charge in [0.05, 0.1) is 16.8 Å². The van der Waals surface area contributed by atoms with Crippen LogP contribution in [0.3, 0.4) is 0 Å². The van der Waals surface area contributed by atoms with E-state index in [1.165, 1.54) is 22.2 Å². The summed E-state index contributed by atoms with van der Waals surface area (Å²) in [6.45, 7) is 7.59. The molecule has 1 aliphatic rings. The molecule has 2 heterocycles. The highest BCUT2D eigenvalue weighted by atomic mass is 32.2. The van der Waals surface area contributed by atoms with Crippen LogP contribution in [0.4, 0.5) is 0 Å². The van der Waals surface area contributed by atoms with Gasteiger partial charge < -0.3 is 4.90 Å². The quantitative estimate of drug-likeness (QED) is 0.416. The molecule has 0 unspecified atom stereocenters. The summed E-state index contributed by atoms with van der Waals surface area (Å²) in [7, 11) is 0. The van der Waals surface area contributed by atoms with Crippen molar-refractivity contribution in [1.82, 2.24) is 14.5 Å². The van der Waals surface area contributed by atoms with E-state index in [9.17, 15) is 9.59 Å². The zero-order chi connectivity index (χ0) is 21.3. The Balaban J connectivity index is 1.82. The maximum Gasteiger partial charge on any atom is 0.267 e. The molecule has 7 heteroatoms. The number of para-hydroxylation sites is 1. The number of carbonyl (C=O) groups is 1. The number of amides is 1. The van der Waals surface area contributed by atoms with Gasteiger partial charge in [0.1, 0.15) is 4.83 Å². The predicted molar refractivity (Wildman–Crippen MR) is 125 cm³/mol. The van der Waals surface area contributed by atoms with Crippen LogP contribution in [0.25, 0.3) is 15.9 Å². The Morgan fingerprint density at radius 3 is 2.70 bits per heavy atom. The first-order valence-corrected chi connectivity index (χ1v) is 12.4. The minimum Gasteiger partial charge on any atom is -0.343 e. The highest BCUT2D eigenvalue weighted by molar-refractivity contribution is 7.99. The van der Waals surface area contributed by atoms with E-state index in [2.05, 4.69) is 6.92 Å². The molecule has 0 saturated heterocycles. The Hall–Kier alpha value is -2.12. The van der Waals surface area contributed by atoms with Crippen molar-refractivity contribution in [2.24, 2.45) is 5.92 Å². The lowest BCUT2D eigenvalue weighted by Crippen LogP contribution is -2.32. The normalized spacial score (nSPS) is 15.9. The van der Waals surface area contributed by atoms with Crippen molar-refractivity contribution in [2.75, 3.05) is 18.8 Å². The van der Waals surface area contributed by atoms with Crippen molar-refractivity contribution in [2.45, 2.75) is 45.2 Å². The Bertz CT molecular complexity index is 1120. The largest absolute Gasteiger partial charge is 0.343 e. The van der Waals surface area contributed by atoms with Crippen LogP contribution >= 0.6 is 23.1 Å². The molecule has 0 radical (unpaired) electrons. The van der Waals surface area contributed by atoms with Crippen LogP contribution in [0.2, 0.25) is 0 Å². The maximum absolute atomic E-state index is 13.7. The van der Waals surface area contributed by atoms with Gasteiger partial charge in [0.25, 0.3) is 5.56 Å². The van der Waals surface area contributed by atoms with Crippen LogP contribution in [0.5, 0.6) is 0 Å². The van der Waals surface area contributed by atoms with E-state index in [4.69, 9.17) is 4.98 Å². The number of rotatable bonds is 6. The van der Waals surface area contributed by atoms with Gasteiger partial charge in [0.15, 0.2) is 5.16 Å². The smallest absolute Gasteiger partial charge is 0.267 e. The highest BCUT2D eigenvalue weighted by Crippen LogP contribution is 2.37. The number of hydrogen-bond acceptors (Lipinski definition) is 5. The van der Waals surface area contributed by atoms with Crippen molar-refractivity contribution in [1.29, 1.82) is 0 Å². The zero-order valence-corrected chi connectivity index (χ0v) is 19.3. The Kier molecular flexibility index (Phi) is 6.29. The summed E-state index contributed by atoms with van der Waals surface area (Å²) in [6.07, 6.45) is 3.07. The number of aromatic nitrogens is 2. The molecule has 5 nitrogen and oxygen atoms in total. The summed E-state index contributed by atoms with van der Waals surface area (Å²) in [5, 5.41) is 1.36. The summed E-state index contributed by atoms with van der Waals surface area (Å²) in [4.78, 5) is 35.1. The molecule has 0 N–H and O–H groups in total. The number of nitrogens with zero attached hydrogens (tertiary/aromatic N) is 3. The summed E-state index contributed by atoms with van der Waals surface area (Å²) in [5.74, 6) is 0.981. The molecule has 0 saturated carbocycles. The second kappa shape index (κ2) is 8.94. The highest BCUT2D eigenvalue weighted by Gasteiger charge is 2.25. The first kappa shape index (κ1) is 21.1. The van der Waals surface area contributed by atoms with Crippen molar-refractivity contribution in [3.8, 4) is 5.69 Å². The van der Waals surface area contributed by atoms with E-state index < -0.39 is 0 Å². The van der Waals surface area contributed by atoms with Crippen molar-refractivity contribution >= 4 is 39.2 Å². The second-order valence-electron chi connectivity index (χ2n) is 7.76. The topological polar surface area (TPSA) is 55.2 Å². The molecule has 3 aromatic rings. The predicted octanol–water partition coefficient (Wildman–Crippen LogP) is 4.53. The first-order valence-electron chi connectivity index (χ1n) is 10.6. The molecule has 4 rings (SSSR count). The van der Waals surface area contributed by atoms with Gasteiger partial charge >= 0.3 is 0 Å². The zero-order valence-electron chi connectivity index (χ0n) is 17.7. The minimum atomic E-state index is -0.0176. The lowest BCUT2D eigenvalue weighted by molar-refractivity contribution is -0.127. The van der Waals surface area contributed by atoms with Gasteiger partial charge in [-0.1, -0.05) is 36.9 Å². The van der Waals surface area contributed by atoms with E-state index >= 15 is 0 Å². The van der Waals surface area contributed by atoms with E-state index in [0.717, 1.165) is 35.2 Å². The van der Waals surface area contributed by atoms with Crippen molar-refractivity contribution in [3.63, 3.8) is 0 Å². The van der Waals surface area contributed by atoms with E-state index in [1.54, 1.807) is 15.9 Å². The summed E-state index contributed by atoms with van der Waals surface area (Å²) >= 11 is 3.00. The van der Waals surface area contributed by atoms with Gasteiger partial charge in [0.2, 0.25) is 5.91 Å². The molecule has 2 aromatic heterocycles. The van der Waals surface area contributed by atoms with Crippen molar-refractivity contribution in [3.05, 3.63) is 51.1 Å². The van der Waals surface area contributed by atoms with E-state index in [-0.39, 0.29) is 17.2 Å². The maximum atomic E-state index is 13.7. The molecule has 1 atom stereocenters. The monoisotopic (exact) mass is 441 g/mol. The second-order valence-corrected chi connectivity index (χ2v) is 9.78. The lowest BCUT2D eigenvalue weighted by Gasteiger charge is -2.19. The molecule has 0 fully saturated rings. The number of benzene rings is 1. The molecule has 30 heavy (non-hydrogen) atoms. The SMILES string of the molecule is CCN(CC)C(=O)CSc1nc2sc3c(c2c(=O)n1-c1ccccc1)CC[C@H](C)C3. The molecule has 0 bridgehead atoms. The number of thiophene rings is 1. The molecule has 1 amide bonds. The molecular weight excluding hydrogens is 414 g/mol. The Labute approximate surface area is 185 Å². The average Bonchev–Trinajstić information content (AvgIpc) is 3.11. The van der Waals surface area contributed by atoms with Crippen LogP contribution in [-0.2, 0) is 17.6 Å². The van der Waals surface area contributed by atoms with Crippen LogP contribution in [0, 0.1) is 5.92 Å². The summed E-state index contributed by atoms with van der Waals surface area (Å²) < 4.78 is 1.69. The lowest BCUT2D eigenvalue weighted by atomic mass is 9.89. The molecule has 1 aromatic carbocycles. The van der Waals surface area contributed by atoms with Crippen molar-refractivity contribution < 1.29 is 4.79 Å². The number of carbonyl (C=O) groups excluding carboxylic acids is 1. The first-order chi connectivity index (χ1) is 14.5. The van der Waals surface area contributed by atoms with Crippen LogP contribution in [0.1, 0.15) is 37.6 Å². The molecule has 0 aliphatic heterocycles. The third-order valence-corrected chi connectivity index (χ3v) is 7.83. The fourth-order valence-corrected chi connectivity index (χ4v) is 6.41. The van der Waals surface area contributed by atoms with Crippen LogP contribution in [-0.4, -0.2) is 39.2 Å². The van der Waals surface area contributed by atoms with Gasteiger partial charge in [-0.2, -0.15) is 0 Å². The standard InChI is InChI=1S/C23H27N3O2S2/c1-4-25(5-2)19(27)14-29-23-24-21-20(17-12-11-15(3)13-18(17)30-21)22(28)26(23)16-9-7-6-8-10-16/h6-10,15H,4-5,11-14H2,1-3H3/t15-/m0/s1. The van der Waals surface area contributed by atoms with Gasteiger partial charge in [-0.3, -0.25) is 14.2 Å². The van der Waals surface area contributed by atoms with Gasteiger partial charge in [-0.25, -0.2) is 4.98 Å². The van der Waals surface area contributed by atoms with Gasteiger partial charge in [-0.05, 0) is 56.7 Å². The summed E-state index contributed by atoms with van der Waals surface area (Å²) in [6, 6.07) is 9.63. The molecule has 0 spiro atoms. The fraction of sp³-hybridized carbons (Fsp3) is 0.435. The number of thioether (sulfide) groups is 1. The summed E-state index contributed by atoms with van der Waals surface area (Å²) in [5.41, 5.74) is 1.96. The minimum absolute atomic E-state index is 0.0176. The Morgan fingerprint density at radius 1 is 1.27 bits per heavy atom. The van der Waals surface area contributed by atoms with Gasteiger partial charge in [-0.15, -0.1) is 11.3 Å². The van der Waals surface area contributed by atoms with Gasteiger partial charge in [0, 0.05) is 18.0 Å². The fourth-order valence-electron chi connectivity index (χ4n) is 4.07. The number of hydrogen-bond donors (Lipinski definition) is 0. The number of fused-ring (bicyclic) bond motifs is 3. The molecule has 158 valence electrons. The molecular formula is C23H27N3O2S2. The molecule has 1 aliphatic carbocycles. The van der Waals surface area contributed by atoms with Crippen LogP contribution < -0.4 is 5.56 Å². The third kappa shape index (κ3) is 3.93. The average molecular weight is 442 g/mol. The third-order valence-electron chi connectivity index (χ3n) is 5.75. The van der Waals surface area contributed by atoms with Crippen LogP contribution in [0.15, 0.2) is 40.3 Å². The van der Waals surface area contributed by atoms with E-state index in [0.29, 0.717) is 24.2 Å². The van der Waals surface area contributed by atoms with E-state index in [1.807, 2.05) is 49.1 Å². The number of aryl methyl sites for hydroxylation is 1. The Morgan fingerprint density at radius 2 is 2.00 bits per heavy atom.